The predicted molar refractivity (Wildman–Crippen MR) is 88.7 cm³/mol. The standard InChI is InChI=1S/C18H23N3O2/c1-3-4-5-10-21-11-14-15(17(21)22)16(20-18(23)19-14)13-8-6-12(2)7-9-13/h6-9,16H,3-5,10-11H2,1-2H3,(H2,19,20,23). The maximum absolute atomic E-state index is 12.8. The van der Waals surface area contributed by atoms with E-state index in [0.29, 0.717) is 12.1 Å². The van der Waals surface area contributed by atoms with Crippen LogP contribution in [0, 0.1) is 6.92 Å². The molecule has 0 aromatic heterocycles. The van der Waals surface area contributed by atoms with Crippen molar-refractivity contribution in [1.82, 2.24) is 15.5 Å². The first kappa shape index (κ1) is 15.6. The molecule has 0 saturated heterocycles. The van der Waals surface area contributed by atoms with Gasteiger partial charge in [-0.1, -0.05) is 49.6 Å². The lowest BCUT2D eigenvalue weighted by molar-refractivity contribution is -0.125. The van der Waals surface area contributed by atoms with Crippen molar-refractivity contribution in [2.75, 3.05) is 13.1 Å². The molecule has 3 rings (SSSR count). The van der Waals surface area contributed by atoms with Gasteiger partial charge in [0.25, 0.3) is 5.91 Å². The molecule has 0 bridgehead atoms. The van der Waals surface area contributed by atoms with Crippen molar-refractivity contribution in [1.29, 1.82) is 0 Å². The van der Waals surface area contributed by atoms with Gasteiger partial charge in [-0.2, -0.15) is 0 Å². The molecular weight excluding hydrogens is 290 g/mol. The van der Waals surface area contributed by atoms with Gasteiger partial charge in [-0.25, -0.2) is 4.79 Å². The number of unbranched alkanes of at least 4 members (excludes halogenated alkanes) is 2. The Morgan fingerprint density at radius 1 is 1.17 bits per heavy atom. The fourth-order valence-corrected chi connectivity index (χ4v) is 3.17. The highest BCUT2D eigenvalue weighted by molar-refractivity contribution is 6.01. The van der Waals surface area contributed by atoms with Crippen molar-refractivity contribution in [3.63, 3.8) is 0 Å². The lowest BCUT2D eigenvalue weighted by atomic mass is 9.95. The predicted octanol–water partition coefficient (Wildman–Crippen LogP) is 2.64. The second kappa shape index (κ2) is 6.44. The average Bonchev–Trinajstić information content (AvgIpc) is 2.84. The van der Waals surface area contributed by atoms with E-state index in [1.807, 2.05) is 36.1 Å². The zero-order valence-corrected chi connectivity index (χ0v) is 13.7. The Kier molecular flexibility index (Phi) is 4.37. The Labute approximate surface area is 136 Å². The highest BCUT2D eigenvalue weighted by atomic mass is 16.2. The summed E-state index contributed by atoms with van der Waals surface area (Å²) in [5, 5.41) is 5.69. The van der Waals surface area contributed by atoms with E-state index in [9.17, 15) is 9.59 Å². The Balaban J connectivity index is 1.84. The first-order valence-corrected chi connectivity index (χ1v) is 8.26. The van der Waals surface area contributed by atoms with E-state index in [1.54, 1.807) is 0 Å². The third-order valence-corrected chi connectivity index (χ3v) is 4.46. The molecule has 122 valence electrons. The largest absolute Gasteiger partial charge is 0.333 e. The van der Waals surface area contributed by atoms with Crippen LogP contribution in [0.3, 0.4) is 0 Å². The SMILES string of the molecule is CCCCCN1CC2=C(C1=O)C(c1ccc(C)cc1)NC(=O)N2. The van der Waals surface area contributed by atoms with Gasteiger partial charge < -0.3 is 15.5 Å². The van der Waals surface area contributed by atoms with Crippen molar-refractivity contribution >= 4 is 11.9 Å². The van der Waals surface area contributed by atoms with Gasteiger partial charge in [0.05, 0.1) is 23.9 Å². The maximum Gasteiger partial charge on any atom is 0.319 e. The zero-order chi connectivity index (χ0) is 16.4. The summed E-state index contributed by atoms with van der Waals surface area (Å²) in [7, 11) is 0. The average molecular weight is 313 g/mol. The number of hydrogen-bond acceptors (Lipinski definition) is 2. The van der Waals surface area contributed by atoms with Gasteiger partial charge in [0.1, 0.15) is 0 Å². The summed E-state index contributed by atoms with van der Waals surface area (Å²) in [4.78, 5) is 26.6. The van der Waals surface area contributed by atoms with Crippen LogP contribution in [0.25, 0.3) is 0 Å². The number of nitrogens with zero attached hydrogens (tertiary/aromatic N) is 1. The van der Waals surface area contributed by atoms with Gasteiger partial charge in [0, 0.05) is 6.54 Å². The quantitative estimate of drug-likeness (QED) is 0.821. The first-order chi connectivity index (χ1) is 11.1. The van der Waals surface area contributed by atoms with E-state index in [1.165, 1.54) is 0 Å². The Hall–Kier alpha value is -2.30. The molecule has 0 radical (unpaired) electrons. The van der Waals surface area contributed by atoms with Crippen LogP contribution in [-0.4, -0.2) is 29.9 Å². The lowest BCUT2D eigenvalue weighted by Gasteiger charge is -2.25. The van der Waals surface area contributed by atoms with Crippen LogP contribution in [0.4, 0.5) is 4.79 Å². The molecule has 2 aliphatic heterocycles. The molecule has 0 aliphatic carbocycles. The molecule has 5 heteroatoms. The summed E-state index contributed by atoms with van der Waals surface area (Å²) in [5.41, 5.74) is 3.54. The molecule has 0 saturated carbocycles. The number of hydrogen-bond donors (Lipinski definition) is 2. The number of urea groups is 1. The van der Waals surface area contributed by atoms with Crippen LogP contribution < -0.4 is 10.6 Å². The Bertz CT molecular complexity index is 649. The molecule has 23 heavy (non-hydrogen) atoms. The van der Waals surface area contributed by atoms with Crippen LogP contribution in [0.5, 0.6) is 0 Å². The smallest absolute Gasteiger partial charge is 0.319 e. The molecule has 1 unspecified atom stereocenters. The highest BCUT2D eigenvalue weighted by Gasteiger charge is 2.39. The number of benzene rings is 1. The number of amides is 3. The maximum atomic E-state index is 12.8. The van der Waals surface area contributed by atoms with E-state index >= 15 is 0 Å². The molecular formula is C18H23N3O2. The summed E-state index contributed by atoms with van der Waals surface area (Å²) >= 11 is 0. The second-order valence-corrected chi connectivity index (χ2v) is 6.27. The Morgan fingerprint density at radius 3 is 2.61 bits per heavy atom. The minimum Gasteiger partial charge on any atom is -0.333 e. The van der Waals surface area contributed by atoms with Crippen LogP contribution in [0.2, 0.25) is 0 Å². The summed E-state index contributed by atoms with van der Waals surface area (Å²) in [5.74, 6) is 0.0363. The summed E-state index contributed by atoms with van der Waals surface area (Å²) in [6, 6.07) is 7.36. The van der Waals surface area contributed by atoms with Gasteiger partial charge in [0.15, 0.2) is 0 Å². The third kappa shape index (κ3) is 3.09. The van der Waals surface area contributed by atoms with Crippen LogP contribution in [0.1, 0.15) is 43.4 Å². The number of rotatable bonds is 5. The van der Waals surface area contributed by atoms with Crippen molar-refractivity contribution < 1.29 is 9.59 Å². The molecule has 1 aromatic rings. The number of carbonyl (C=O) groups is 2. The van der Waals surface area contributed by atoms with Gasteiger partial charge >= 0.3 is 6.03 Å². The monoisotopic (exact) mass is 313 g/mol. The normalized spacial score (nSPS) is 20.4. The second-order valence-electron chi connectivity index (χ2n) is 6.27. The number of carbonyl (C=O) groups excluding carboxylic acids is 2. The van der Waals surface area contributed by atoms with Gasteiger partial charge in [-0.3, -0.25) is 4.79 Å². The molecule has 2 aliphatic rings. The minimum absolute atomic E-state index is 0.0363. The minimum atomic E-state index is -0.358. The fourth-order valence-electron chi connectivity index (χ4n) is 3.17. The van der Waals surface area contributed by atoms with E-state index in [2.05, 4.69) is 17.6 Å². The van der Waals surface area contributed by atoms with Gasteiger partial charge in [0.2, 0.25) is 0 Å². The third-order valence-electron chi connectivity index (χ3n) is 4.46. The molecule has 3 amide bonds. The summed E-state index contributed by atoms with van der Waals surface area (Å²) < 4.78 is 0. The molecule has 0 spiro atoms. The summed E-state index contributed by atoms with van der Waals surface area (Å²) in [6.45, 7) is 5.42. The first-order valence-electron chi connectivity index (χ1n) is 8.26. The van der Waals surface area contributed by atoms with Crippen molar-refractivity contribution in [3.05, 3.63) is 46.7 Å². The van der Waals surface area contributed by atoms with E-state index in [0.717, 1.165) is 42.6 Å². The molecule has 1 atom stereocenters. The fraction of sp³-hybridized carbons (Fsp3) is 0.444. The van der Waals surface area contributed by atoms with E-state index in [-0.39, 0.29) is 18.0 Å². The van der Waals surface area contributed by atoms with E-state index < -0.39 is 0 Å². The van der Waals surface area contributed by atoms with Crippen LogP contribution in [-0.2, 0) is 4.79 Å². The van der Waals surface area contributed by atoms with Crippen molar-refractivity contribution in [2.45, 2.75) is 39.2 Å². The summed E-state index contributed by atoms with van der Waals surface area (Å²) in [6.07, 6.45) is 3.24. The lowest BCUT2D eigenvalue weighted by Crippen LogP contribution is -2.44. The molecule has 1 aromatic carbocycles. The van der Waals surface area contributed by atoms with Crippen molar-refractivity contribution in [2.24, 2.45) is 0 Å². The van der Waals surface area contributed by atoms with Crippen molar-refractivity contribution in [3.8, 4) is 0 Å². The molecule has 2 N–H and O–H groups in total. The van der Waals surface area contributed by atoms with Crippen LogP contribution >= 0.6 is 0 Å². The van der Waals surface area contributed by atoms with Crippen LogP contribution in [0.15, 0.2) is 35.5 Å². The zero-order valence-electron chi connectivity index (χ0n) is 13.7. The van der Waals surface area contributed by atoms with E-state index in [4.69, 9.17) is 0 Å². The molecule has 2 heterocycles. The number of aryl methyl sites for hydroxylation is 1. The molecule has 0 fully saturated rings. The highest BCUT2D eigenvalue weighted by Crippen LogP contribution is 2.32. The van der Waals surface area contributed by atoms with Gasteiger partial charge in [-0.15, -0.1) is 0 Å². The Morgan fingerprint density at radius 2 is 1.91 bits per heavy atom. The molecule has 5 nitrogen and oxygen atoms in total. The van der Waals surface area contributed by atoms with Gasteiger partial charge in [-0.05, 0) is 18.9 Å². The number of nitrogens with one attached hydrogen (secondary N) is 2. The topological polar surface area (TPSA) is 61.4 Å².